The molecule has 0 bridgehead atoms. The van der Waals surface area contributed by atoms with E-state index in [1.54, 1.807) is 20.8 Å². The van der Waals surface area contributed by atoms with E-state index in [2.05, 4.69) is 0 Å². The first-order valence-electron chi connectivity index (χ1n) is 5.00. The van der Waals surface area contributed by atoms with E-state index in [-0.39, 0.29) is 22.9 Å². The maximum atomic E-state index is 13.4. The quantitative estimate of drug-likeness (QED) is 0.830. The van der Waals surface area contributed by atoms with Crippen molar-refractivity contribution in [3.63, 3.8) is 0 Å². The van der Waals surface area contributed by atoms with Crippen molar-refractivity contribution < 1.29 is 9.18 Å². The summed E-state index contributed by atoms with van der Waals surface area (Å²) in [6.07, 6.45) is 0. The van der Waals surface area contributed by atoms with Gasteiger partial charge >= 0.3 is 0 Å². The number of benzene rings is 1. The summed E-state index contributed by atoms with van der Waals surface area (Å²) in [5.41, 5.74) is 5.39. The summed E-state index contributed by atoms with van der Waals surface area (Å²) in [6.45, 7) is 5.22. The Morgan fingerprint density at radius 2 is 2.06 bits per heavy atom. The number of ketones is 1. The molecular formula is C12H15ClFNO. The Labute approximate surface area is 99.6 Å². The number of carbonyl (C=O) groups excluding carboxylic acids is 1. The molecule has 0 amide bonds. The third-order valence-corrected chi connectivity index (χ3v) is 2.93. The van der Waals surface area contributed by atoms with E-state index >= 15 is 0 Å². The Morgan fingerprint density at radius 1 is 1.50 bits per heavy atom. The van der Waals surface area contributed by atoms with Crippen LogP contribution in [0, 0.1) is 18.2 Å². The van der Waals surface area contributed by atoms with Crippen LogP contribution in [0.5, 0.6) is 0 Å². The molecule has 0 radical (unpaired) electrons. The molecule has 0 saturated heterocycles. The Hall–Kier alpha value is -0.930. The van der Waals surface area contributed by atoms with Crippen molar-refractivity contribution in [2.24, 2.45) is 11.1 Å². The SMILES string of the molecule is Cc1cc(Cl)c(C(=O)C(C)(C)CN)cc1F. The molecule has 0 unspecified atom stereocenters. The van der Waals surface area contributed by atoms with E-state index in [1.165, 1.54) is 12.1 Å². The maximum absolute atomic E-state index is 13.4. The molecule has 88 valence electrons. The zero-order chi connectivity index (χ0) is 12.5. The zero-order valence-electron chi connectivity index (χ0n) is 9.60. The summed E-state index contributed by atoms with van der Waals surface area (Å²) < 4.78 is 13.4. The molecule has 1 rings (SSSR count). The van der Waals surface area contributed by atoms with Crippen LogP contribution >= 0.6 is 11.6 Å². The summed E-state index contributed by atoms with van der Waals surface area (Å²) in [7, 11) is 0. The first-order chi connectivity index (χ1) is 7.29. The second-order valence-electron chi connectivity index (χ2n) is 4.50. The average molecular weight is 244 g/mol. The number of nitrogens with two attached hydrogens (primary N) is 1. The highest BCUT2D eigenvalue weighted by Crippen LogP contribution is 2.27. The molecule has 0 aliphatic carbocycles. The molecule has 0 aliphatic rings. The zero-order valence-corrected chi connectivity index (χ0v) is 10.4. The third kappa shape index (κ3) is 2.42. The lowest BCUT2D eigenvalue weighted by Crippen LogP contribution is -2.33. The predicted molar refractivity (Wildman–Crippen MR) is 63.3 cm³/mol. The Bertz CT molecular complexity index is 429. The molecule has 0 spiro atoms. The van der Waals surface area contributed by atoms with Crippen molar-refractivity contribution in [2.75, 3.05) is 6.54 Å². The maximum Gasteiger partial charge on any atom is 0.171 e. The molecule has 4 heteroatoms. The highest BCUT2D eigenvalue weighted by molar-refractivity contribution is 6.34. The van der Waals surface area contributed by atoms with Gasteiger partial charge in [0.2, 0.25) is 0 Å². The van der Waals surface area contributed by atoms with Gasteiger partial charge < -0.3 is 5.73 Å². The van der Waals surface area contributed by atoms with Gasteiger partial charge in [-0.2, -0.15) is 0 Å². The van der Waals surface area contributed by atoms with Crippen LogP contribution in [0.15, 0.2) is 12.1 Å². The summed E-state index contributed by atoms with van der Waals surface area (Å²) in [4.78, 5) is 12.1. The fourth-order valence-electron chi connectivity index (χ4n) is 1.28. The van der Waals surface area contributed by atoms with Crippen molar-refractivity contribution in [2.45, 2.75) is 20.8 Å². The van der Waals surface area contributed by atoms with Crippen molar-refractivity contribution in [3.8, 4) is 0 Å². The molecule has 0 fully saturated rings. The largest absolute Gasteiger partial charge is 0.329 e. The van der Waals surface area contributed by atoms with Gasteiger partial charge in [-0.1, -0.05) is 25.4 Å². The molecule has 1 aromatic rings. The van der Waals surface area contributed by atoms with Crippen LogP contribution in [0.2, 0.25) is 5.02 Å². The number of aryl methyl sites for hydroxylation is 1. The Balaban J connectivity index is 3.25. The summed E-state index contributed by atoms with van der Waals surface area (Å²) in [5, 5.41) is 0.269. The van der Waals surface area contributed by atoms with Gasteiger partial charge in [-0.3, -0.25) is 4.79 Å². The van der Waals surface area contributed by atoms with Crippen molar-refractivity contribution in [1.82, 2.24) is 0 Å². The predicted octanol–water partition coefficient (Wildman–Crippen LogP) is 2.96. The van der Waals surface area contributed by atoms with Gasteiger partial charge in [-0.05, 0) is 24.6 Å². The molecule has 2 nitrogen and oxygen atoms in total. The first-order valence-corrected chi connectivity index (χ1v) is 5.38. The van der Waals surface area contributed by atoms with Gasteiger partial charge in [0.25, 0.3) is 0 Å². The molecular weight excluding hydrogens is 229 g/mol. The van der Waals surface area contributed by atoms with E-state index < -0.39 is 11.2 Å². The molecule has 0 heterocycles. The van der Waals surface area contributed by atoms with E-state index in [0.29, 0.717) is 5.56 Å². The number of rotatable bonds is 3. The van der Waals surface area contributed by atoms with Crippen LogP contribution in [0.25, 0.3) is 0 Å². The minimum atomic E-state index is -0.731. The van der Waals surface area contributed by atoms with Crippen LogP contribution < -0.4 is 5.73 Å². The van der Waals surface area contributed by atoms with Crippen LogP contribution in [-0.4, -0.2) is 12.3 Å². The fourth-order valence-corrected chi connectivity index (χ4v) is 1.58. The lowest BCUT2D eigenvalue weighted by Gasteiger charge is -2.21. The van der Waals surface area contributed by atoms with Gasteiger partial charge in [0.1, 0.15) is 5.82 Å². The van der Waals surface area contributed by atoms with Gasteiger partial charge in [-0.25, -0.2) is 4.39 Å². The third-order valence-electron chi connectivity index (χ3n) is 2.62. The van der Waals surface area contributed by atoms with Crippen LogP contribution in [0.4, 0.5) is 4.39 Å². The molecule has 0 aliphatic heterocycles. The van der Waals surface area contributed by atoms with Gasteiger partial charge in [-0.15, -0.1) is 0 Å². The van der Waals surface area contributed by atoms with Crippen LogP contribution in [-0.2, 0) is 0 Å². The number of hydrogen-bond acceptors (Lipinski definition) is 2. The summed E-state index contributed by atoms with van der Waals surface area (Å²) in [6, 6.07) is 2.63. The van der Waals surface area contributed by atoms with Gasteiger partial charge in [0, 0.05) is 17.5 Å². The van der Waals surface area contributed by atoms with E-state index in [0.717, 1.165) is 0 Å². The van der Waals surface area contributed by atoms with Crippen LogP contribution in [0.1, 0.15) is 29.8 Å². The van der Waals surface area contributed by atoms with Gasteiger partial charge in [0.05, 0.1) is 5.02 Å². The summed E-state index contributed by atoms with van der Waals surface area (Å²) in [5.74, 6) is -0.667. The molecule has 2 N–H and O–H groups in total. The number of hydrogen-bond donors (Lipinski definition) is 1. The topological polar surface area (TPSA) is 43.1 Å². The number of carbonyl (C=O) groups is 1. The number of halogens is 2. The van der Waals surface area contributed by atoms with Crippen molar-refractivity contribution >= 4 is 17.4 Å². The summed E-state index contributed by atoms with van der Waals surface area (Å²) >= 11 is 5.93. The van der Waals surface area contributed by atoms with Crippen LogP contribution in [0.3, 0.4) is 0 Å². The highest BCUT2D eigenvalue weighted by Gasteiger charge is 2.29. The van der Waals surface area contributed by atoms with Gasteiger partial charge in [0.15, 0.2) is 5.78 Å². The minimum Gasteiger partial charge on any atom is -0.329 e. The normalized spacial score (nSPS) is 11.6. The highest BCUT2D eigenvalue weighted by atomic mass is 35.5. The fraction of sp³-hybridized carbons (Fsp3) is 0.417. The lowest BCUT2D eigenvalue weighted by molar-refractivity contribution is 0.0847. The number of Topliss-reactive ketones (excluding diaryl/α,β-unsaturated/α-hetero) is 1. The van der Waals surface area contributed by atoms with Crippen molar-refractivity contribution in [3.05, 3.63) is 34.1 Å². The lowest BCUT2D eigenvalue weighted by atomic mass is 9.84. The standard InChI is InChI=1S/C12H15ClFNO/c1-7-4-9(13)8(5-10(7)14)11(16)12(2,3)6-15/h4-5H,6,15H2,1-3H3. The first kappa shape index (κ1) is 13.1. The van der Waals surface area contributed by atoms with E-state index in [9.17, 15) is 9.18 Å². The van der Waals surface area contributed by atoms with Crippen molar-refractivity contribution in [1.29, 1.82) is 0 Å². The molecule has 0 aromatic heterocycles. The second-order valence-corrected chi connectivity index (χ2v) is 4.91. The smallest absolute Gasteiger partial charge is 0.171 e. The molecule has 16 heavy (non-hydrogen) atoms. The van der Waals surface area contributed by atoms with E-state index in [1.807, 2.05) is 0 Å². The molecule has 1 aromatic carbocycles. The average Bonchev–Trinajstić information content (AvgIpc) is 2.22. The second kappa shape index (κ2) is 4.52. The minimum absolute atomic E-state index is 0.192. The Kier molecular flexibility index (Phi) is 3.71. The monoisotopic (exact) mass is 243 g/mol. The van der Waals surface area contributed by atoms with E-state index in [4.69, 9.17) is 17.3 Å². The Morgan fingerprint density at radius 3 is 2.56 bits per heavy atom. The molecule has 0 saturated carbocycles. The molecule has 0 atom stereocenters.